The first-order chi connectivity index (χ1) is 16.6. The summed E-state index contributed by atoms with van der Waals surface area (Å²) in [6.07, 6.45) is 0. The van der Waals surface area contributed by atoms with E-state index in [1.807, 2.05) is 0 Å². The molecule has 0 radical (unpaired) electrons. The summed E-state index contributed by atoms with van der Waals surface area (Å²) in [4.78, 5) is 44.7. The predicted octanol–water partition coefficient (Wildman–Crippen LogP) is 4.63. The molecule has 3 aromatic carbocycles. The van der Waals surface area contributed by atoms with E-state index in [0.717, 1.165) is 0 Å². The molecule has 0 saturated carbocycles. The van der Waals surface area contributed by atoms with Crippen LogP contribution in [0.4, 0.5) is 5.69 Å². The largest absolute Gasteiger partial charge is 0.507 e. The Balaban J connectivity index is 0.000000303. The van der Waals surface area contributed by atoms with Gasteiger partial charge in [-0.2, -0.15) is 0 Å². The number of carbonyl (C=O) groups excluding carboxylic acids is 3. The molecule has 0 aromatic heterocycles. The normalized spacial score (nSPS) is 9.83. The van der Waals surface area contributed by atoms with Gasteiger partial charge < -0.3 is 19.3 Å². The number of aromatic hydroxyl groups is 1. The highest BCUT2D eigenvalue weighted by Gasteiger charge is 2.16. The first-order valence-corrected chi connectivity index (χ1v) is 10.1. The highest BCUT2D eigenvalue weighted by atomic mass is 16.6. The second-order valence-electron chi connectivity index (χ2n) is 7.05. The van der Waals surface area contributed by atoms with Gasteiger partial charge in [0.25, 0.3) is 5.69 Å². The molecule has 0 aliphatic heterocycles. The van der Waals surface area contributed by atoms with Crippen molar-refractivity contribution in [3.05, 3.63) is 87.5 Å². The molecule has 0 aliphatic rings. The summed E-state index contributed by atoms with van der Waals surface area (Å²) in [6.45, 7) is 2.74. The lowest BCUT2D eigenvalue weighted by Crippen LogP contribution is -2.11. The second-order valence-corrected chi connectivity index (χ2v) is 7.05. The molecule has 0 spiro atoms. The van der Waals surface area contributed by atoms with Gasteiger partial charge in [-0.05, 0) is 62.4 Å². The Bertz CT molecular complexity index is 1250. The fourth-order valence-electron chi connectivity index (χ4n) is 2.80. The van der Waals surface area contributed by atoms with Gasteiger partial charge in [0, 0.05) is 12.1 Å². The van der Waals surface area contributed by atoms with Crippen LogP contribution in [-0.2, 0) is 0 Å². The van der Waals surface area contributed by atoms with Crippen LogP contribution in [0.5, 0.6) is 23.0 Å². The van der Waals surface area contributed by atoms with Crippen molar-refractivity contribution in [2.75, 3.05) is 14.2 Å². The number of Topliss-reactive ketones (excluding diaryl/α,β-unsaturated/α-hetero) is 2. The molecule has 0 fully saturated rings. The second kappa shape index (κ2) is 11.9. The van der Waals surface area contributed by atoms with E-state index >= 15 is 0 Å². The molecule has 35 heavy (non-hydrogen) atoms. The van der Waals surface area contributed by atoms with Crippen molar-refractivity contribution < 1.29 is 38.6 Å². The summed E-state index contributed by atoms with van der Waals surface area (Å²) < 4.78 is 15.1. The van der Waals surface area contributed by atoms with Crippen molar-refractivity contribution in [2.24, 2.45) is 0 Å². The molecule has 3 rings (SSSR count). The molecule has 0 aliphatic carbocycles. The quantitative estimate of drug-likeness (QED) is 0.168. The van der Waals surface area contributed by atoms with Gasteiger partial charge in [0.05, 0.1) is 35.8 Å². The maximum Gasteiger partial charge on any atom is 0.343 e. The van der Waals surface area contributed by atoms with Crippen LogP contribution in [0.15, 0.2) is 60.7 Å². The van der Waals surface area contributed by atoms with Gasteiger partial charge in [-0.15, -0.1) is 0 Å². The Morgan fingerprint density at radius 3 is 1.80 bits per heavy atom. The van der Waals surface area contributed by atoms with Gasteiger partial charge in [-0.1, -0.05) is 0 Å². The summed E-state index contributed by atoms with van der Waals surface area (Å²) in [5.41, 5.74) is 0.505. The maximum atomic E-state index is 12.1. The van der Waals surface area contributed by atoms with E-state index < -0.39 is 10.9 Å². The molecule has 0 heterocycles. The third kappa shape index (κ3) is 7.13. The topological polar surface area (TPSA) is 142 Å². The van der Waals surface area contributed by atoms with Crippen LogP contribution in [0.2, 0.25) is 0 Å². The van der Waals surface area contributed by atoms with Gasteiger partial charge in [0.15, 0.2) is 11.6 Å². The SMILES string of the molecule is COc1ccc(O)c(C(C)=O)c1.COc1ccc(OC(=O)c2ccc([N+](=O)[O-])cc2)c(C(C)=O)c1. The molecule has 182 valence electrons. The smallest absolute Gasteiger partial charge is 0.343 e. The number of nitrogens with zero attached hydrogens (tertiary/aromatic N) is 1. The van der Waals surface area contributed by atoms with Crippen LogP contribution < -0.4 is 14.2 Å². The molecule has 1 N–H and O–H groups in total. The molecule has 3 aromatic rings. The minimum atomic E-state index is -0.715. The molecular formula is C25H23NO9. The minimum absolute atomic E-state index is 0.0108. The van der Waals surface area contributed by atoms with E-state index in [0.29, 0.717) is 11.5 Å². The predicted molar refractivity (Wildman–Crippen MR) is 126 cm³/mol. The zero-order valence-corrected chi connectivity index (χ0v) is 19.4. The van der Waals surface area contributed by atoms with E-state index in [2.05, 4.69) is 0 Å². The Kier molecular flexibility index (Phi) is 9.04. The molecule has 0 amide bonds. The van der Waals surface area contributed by atoms with Crippen molar-refractivity contribution in [2.45, 2.75) is 13.8 Å². The number of rotatable bonds is 7. The minimum Gasteiger partial charge on any atom is -0.507 e. The van der Waals surface area contributed by atoms with Crippen molar-refractivity contribution in [3.8, 4) is 23.0 Å². The van der Waals surface area contributed by atoms with Gasteiger partial charge >= 0.3 is 5.97 Å². The summed E-state index contributed by atoms with van der Waals surface area (Å²) in [6, 6.07) is 14.0. The van der Waals surface area contributed by atoms with Crippen LogP contribution in [-0.4, -0.2) is 41.8 Å². The number of hydrogen-bond donors (Lipinski definition) is 1. The number of ketones is 2. The van der Waals surface area contributed by atoms with Gasteiger partial charge in [0.2, 0.25) is 0 Å². The van der Waals surface area contributed by atoms with E-state index in [-0.39, 0.29) is 45.4 Å². The number of ether oxygens (including phenoxy) is 3. The van der Waals surface area contributed by atoms with Crippen LogP contribution in [0, 0.1) is 10.1 Å². The number of phenols is 1. The number of nitro groups is 1. The highest BCUT2D eigenvalue weighted by molar-refractivity contribution is 5.99. The van der Waals surface area contributed by atoms with Crippen LogP contribution in [0.1, 0.15) is 44.9 Å². The molecule has 10 nitrogen and oxygen atoms in total. The Hall–Kier alpha value is -4.73. The van der Waals surface area contributed by atoms with E-state index in [1.54, 1.807) is 12.1 Å². The van der Waals surface area contributed by atoms with Crippen LogP contribution in [0.3, 0.4) is 0 Å². The fraction of sp³-hybridized carbons (Fsp3) is 0.160. The van der Waals surface area contributed by atoms with E-state index in [1.165, 1.54) is 76.6 Å². The number of benzene rings is 3. The lowest BCUT2D eigenvalue weighted by atomic mass is 10.1. The van der Waals surface area contributed by atoms with Gasteiger partial charge in [-0.25, -0.2) is 4.79 Å². The number of carbonyl (C=O) groups is 3. The number of esters is 1. The molecule has 0 bridgehead atoms. The van der Waals surface area contributed by atoms with Crippen LogP contribution >= 0.6 is 0 Å². The monoisotopic (exact) mass is 481 g/mol. The number of nitro benzene ring substituents is 1. The Morgan fingerprint density at radius 2 is 1.31 bits per heavy atom. The standard InChI is InChI=1S/C16H13NO6.C9H10O3/c1-10(18)14-9-13(22-2)7-8-15(14)23-16(19)11-3-5-12(6-4-11)17(20)21;1-6(10)8-5-7(12-2)3-4-9(8)11/h3-9H,1-2H3;3-5,11H,1-2H3. The number of phenolic OH excluding ortho intramolecular Hbond substituents is 1. The van der Waals surface area contributed by atoms with Gasteiger partial charge in [0.1, 0.15) is 23.0 Å². The Morgan fingerprint density at radius 1 is 0.800 bits per heavy atom. The number of methoxy groups -OCH3 is 2. The molecular weight excluding hydrogens is 458 g/mol. The van der Waals surface area contributed by atoms with Crippen molar-refractivity contribution in [3.63, 3.8) is 0 Å². The number of hydrogen-bond acceptors (Lipinski definition) is 9. The zero-order valence-electron chi connectivity index (χ0n) is 19.4. The first kappa shape index (κ1) is 26.5. The molecule has 0 saturated heterocycles. The highest BCUT2D eigenvalue weighted by Crippen LogP contribution is 2.26. The molecule has 10 heteroatoms. The van der Waals surface area contributed by atoms with Gasteiger partial charge in [-0.3, -0.25) is 19.7 Å². The summed E-state index contributed by atoms with van der Waals surface area (Å²) in [5, 5.41) is 19.8. The van der Waals surface area contributed by atoms with Crippen LogP contribution in [0.25, 0.3) is 0 Å². The van der Waals surface area contributed by atoms with Crippen molar-refractivity contribution in [1.29, 1.82) is 0 Å². The maximum absolute atomic E-state index is 12.1. The third-order valence-corrected chi connectivity index (χ3v) is 4.67. The van der Waals surface area contributed by atoms with Crippen molar-refractivity contribution >= 4 is 23.2 Å². The zero-order chi connectivity index (χ0) is 26.1. The number of non-ortho nitro benzene ring substituents is 1. The fourth-order valence-corrected chi connectivity index (χ4v) is 2.80. The van der Waals surface area contributed by atoms with E-state index in [4.69, 9.17) is 14.2 Å². The van der Waals surface area contributed by atoms with Crippen molar-refractivity contribution in [1.82, 2.24) is 0 Å². The first-order valence-electron chi connectivity index (χ1n) is 10.1. The molecule has 0 atom stereocenters. The lowest BCUT2D eigenvalue weighted by Gasteiger charge is -2.09. The average molecular weight is 481 g/mol. The third-order valence-electron chi connectivity index (χ3n) is 4.67. The van der Waals surface area contributed by atoms with E-state index in [9.17, 15) is 29.6 Å². The lowest BCUT2D eigenvalue weighted by molar-refractivity contribution is -0.384. The summed E-state index contributed by atoms with van der Waals surface area (Å²) in [7, 11) is 2.97. The summed E-state index contributed by atoms with van der Waals surface area (Å²) >= 11 is 0. The summed E-state index contributed by atoms with van der Waals surface area (Å²) in [5.74, 6) is -0.0531. The Labute approximate surface area is 200 Å². The molecule has 0 unspecified atom stereocenters. The average Bonchev–Trinajstić information content (AvgIpc) is 2.84.